The quantitative estimate of drug-likeness (QED) is 0.751. The Balaban J connectivity index is 2.36. The number of carbonyl (C=O) groups is 1. The molecule has 1 N–H and O–H groups in total. The Morgan fingerprint density at radius 2 is 2.00 bits per heavy atom. The fraction of sp³-hybridized carbons (Fsp3) is 0.0588. The maximum absolute atomic E-state index is 12.8. The summed E-state index contributed by atoms with van der Waals surface area (Å²) < 4.78 is 25.4. The number of nitrogens with zero attached hydrogens (tertiary/aromatic N) is 1. The number of sulfone groups is 1. The van der Waals surface area contributed by atoms with Crippen LogP contribution in [0.25, 0.3) is 0 Å². The molecular weight excluding hydrogens is 380 g/mol. The normalized spacial score (nSPS) is 12.3. The standard InChI is InChI=1S/C17H15ClN2O3S2/c1-3-5-6-13(4-2)20-16(21)15-17(24-11-19-15)25(22,23)14-9-7-12(18)8-10-14/h3-11H,1H2,2H3,(H,20,21)/b6-5-,13-4+. The monoisotopic (exact) mass is 394 g/mol. The van der Waals surface area contributed by atoms with Crippen LogP contribution in [0.4, 0.5) is 0 Å². The van der Waals surface area contributed by atoms with Crippen molar-refractivity contribution in [2.45, 2.75) is 16.0 Å². The van der Waals surface area contributed by atoms with E-state index in [-0.39, 0.29) is 14.8 Å². The van der Waals surface area contributed by atoms with Crippen molar-refractivity contribution in [3.8, 4) is 0 Å². The topological polar surface area (TPSA) is 76.1 Å². The van der Waals surface area contributed by atoms with Crippen LogP contribution >= 0.6 is 22.9 Å². The number of halogens is 1. The van der Waals surface area contributed by atoms with Gasteiger partial charge in [-0.05, 0) is 37.3 Å². The molecule has 1 aromatic heterocycles. The van der Waals surface area contributed by atoms with Crippen molar-refractivity contribution in [2.75, 3.05) is 0 Å². The number of allylic oxidation sites excluding steroid dienone is 4. The maximum Gasteiger partial charge on any atom is 0.276 e. The molecule has 0 bridgehead atoms. The number of amides is 1. The first kappa shape index (κ1) is 19.1. The SMILES string of the molecule is C=C/C=C\C(=C/C)NC(=O)c1ncsc1S(=O)(=O)c1ccc(Cl)cc1. The number of rotatable bonds is 6. The van der Waals surface area contributed by atoms with Crippen LogP contribution < -0.4 is 5.32 Å². The van der Waals surface area contributed by atoms with Gasteiger partial charge in [0, 0.05) is 10.7 Å². The molecule has 5 nitrogen and oxygen atoms in total. The number of carbonyl (C=O) groups excluding carboxylic acids is 1. The van der Waals surface area contributed by atoms with Gasteiger partial charge in [-0.1, -0.05) is 36.4 Å². The summed E-state index contributed by atoms with van der Waals surface area (Å²) >= 11 is 6.68. The highest BCUT2D eigenvalue weighted by Gasteiger charge is 2.27. The summed E-state index contributed by atoms with van der Waals surface area (Å²) in [5.41, 5.74) is 1.69. The van der Waals surface area contributed by atoms with Gasteiger partial charge >= 0.3 is 0 Å². The van der Waals surface area contributed by atoms with Crippen LogP contribution in [0, 0.1) is 0 Å². The van der Waals surface area contributed by atoms with Crippen LogP contribution in [-0.4, -0.2) is 19.3 Å². The fourth-order valence-electron chi connectivity index (χ4n) is 1.87. The molecule has 2 aromatic rings. The smallest absolute Gasteiger partial charge is 0.276 e. The Labute approximate surface area is 155 Å². The fourth-order valence-corrected chi connectivity index (χ4v) is 4.54. The lowest BCUT2D eigenvalue weighted by Gasteiger charge is -2.07. The van der Waals surface area contributed by atoms with Crippen molar-refractivity contribution < 1.29 is 13.2 Å². The molecule has 0 aliphatic heterocycles. The molecule has 1 aromatic carbocycles. The van der Waals surface area contributed by atoms with E-state index in [0.29, 0.717) is 10.7 Å². The molecule has 0 aliphatic carbocycles. The molecule has 0 aliphatic rings. The summed E-state index contributed by atoms with van der Waals surface area (Å²) in [5, 5.41) is 3.05. The highest BCUT2D eigenvalue weighted by Crippen LogP contribution is 2.28. The summed E-state index contributed by atoms with van der Waals surface area (Å²) in [7, 11) is -3.86. The minimum Gasteiger partial charge on any atom is -0.321 e. The lowest BCUT2D eigenvalue weighted by atomic mass is 10.3. The molecule has 0 saturated heterocycles. The molecule has 0 spiro atoms. The van der Waals surface area contributed by atoms with Crippen LogP contribution in [-0.2, 0) is 9.84 Å². The third-order valence-electron chi connectivity index (χ3n) is 3.10. The van der Waals surface area contributed by atoms with Crippen molar-refractivity contribution in [3.63, 3.8) is 0 Å². The van der Waals surface area contributed by atoms with Crippen molar-refractivity contribution in [3.05, 3.63) is 77.1 Å². The summed E-state index contributed by atoms with van der Waals surface area (Å²) in [4.78, 5) is 16.4. The number of thiazole rings is 1. The van der Waals surface area contributed by atoms with E-state index in [1.165, 1.54) is 29.8 Å². The van der Waals surface area contributed by atoms with Gasteiger partial charge in [-0.25, -0.2) is 13.4 Å². The van der Waals surface area contributed by atoms with E-state index in [1.807, 2.05) is 0 Å². The van der Waals surface area contributed by atoms with Gasteiger partial charge in [0.05, 0.1) is 10.4 Å². The van der Waals surface area contributed by atoms with Crippen molar-refractivity contribution >= 4 is 38.7 Å². The molecule has 0 radical (unpaired) electrons. The lowest BCUT2D eigenvalue weighted by Crippen LogP contribution is -2.24. The Morgan fingerprint density at radius 1 is 1.32 bits per heavy atom. The van der Waals surface area contributed by atoms with E-state index >= 15 is 0 Å². The minimum atomic E-state index is -3.86. The summed E-state index contributed by atoms with van der Waals surface area (Å²) in [6.07, 6.45) is 6.54. The van der Waals surface area contributed by atoms with E-state index in [4.69, 9.17) is 11.6 Å². The summed E-state index contributed by atoms with van der Waals surface area (Å²) in [6.45, 7) is 5.30. The van der Waals surface area contributed by atoms with E-state index in [1.54, 1.807) is 31.2 Å². The second-order valence-corrected chi connectivity index (χ2v) is 8.17. The number of hydrogen-bond acceptors (Lipinski definition) is 5. The highest BCUT2D eigenvalue weighted by atomic mass is 35.5. The molecule has 130 valence electrons. The summed E-state index contributed by atoms with van der Waals surface area (Å²) in [5.74, 6) is -0.601. The zero-order valence-corrected chi connectivity index (χ0v) is 15.7. The molecule has 0 saturated carbocycles. The Hall–Kier alpha value is -2.22. The predicted molar refractivity (Wildman–Crippen MR) is 99.6 cm³/mol. The van der Waals surface area contributed by atoms with Gasteiger partial charge in [-0.2, -0.15) is 0 Å². The van der Waals surface area contributed by atoms with E-state index in [0.717, 1.165) is 11.3 Å². The van der Waals surface area contributed by atoms with Gasteiger partial charge in [-0.3, -0.25) is 4.79 Å². The Bertz CT molecular complexity index is 943. The molecule has 0 atom stereocenters. The molecule has 8 heteroatoms. The largest absolute Gasteiger partial charge is 0.321 e. The highest BCUT2D eigenvalue weighted by molar-refractivity contribution is 7.93. The van der Waals surface area contributed by atoms with Crippen LogP contribution in [0.3, 0.4) is 0 Å². The van der Waals surface area contributed by atoms with Crippen LogP contribution in [0.2, 0.25) is 5.02 Å². The van der Waals surface area contributed by atoms with E-state index in [9.17, 15) is 13.2 Å². The van der Waals surface area contributed by atoms with Gasteiger partial charge in [0.25, 0.3) is 5.91 Å². The number of nitrogens with one attached hydrogen (secondary N) is 1. The first-order chi connectivity index (χ1) is 11.9. The van der Waals surface area contributed by atoms with Gasteiger partial charge in [0.1, 0.15) is 0 Å². The van der Waals surface area contributed by atoms with Gasteiger partial charge in [-0.15, -0.1) is 11.3 Å². The van der Waals surface area contributed by atoms with Crippen molar-refractivity contribution in [2.24, 2.45) is 0 Å². The molecule has 2 rings (SSSR count). The van der Waals surface area contributed by atoms with Crippen LogP contribution in [0.5, 0.6) is 0 Å². The zero-order chi connectivity index (χ0) is 18.4. The van der Waals surface area contributed by atoms with E-state index in [2.05, 4.69) is 16.9 Å². The second kappa shape index (κ2) is 8.24. The van der Waals surface area contributed by atoms with Crippen molar-refractivity contribution in [1.82, 2.24) is 10.3 Å². The first-order valence-electron chi connectivity index (χ1n) is 7.11. The lowest BCUT2D eigenvalue weighted by molar-refractivity contribution is 0.0959. The number of aromatic nitrogens is 1. The second-order valence-electron chi connectivity index (χ2n) is 4.74. The Morgan fingerprint density at radius 3 is 2.60 bits per heavy atom. The summed E-state index contributed by atoms with van der Waals surface area (Å²) in [6, 6.07) is 5.74. The molecule has 0 unspecified atom stereocenters. The maximum atomic E-state index is 12.8. The first-order valence-corrected chi connectivity index (χ1v) is 9.85. The minimum absolute atomic E-state index is 0.0491. The molecule has 0 fully saturated rings. The Kier molecular flexibility index (Phi) is 6.30. The third-order valence-corrected chi connectivity index (χ3v) is 6.49. The number of benzene rings is 1. The van der Waals surface area contributed by atoms with Crippen LogP contribution in [0.15, 0.2) is 75.5 Å². The molecule has 25 heavy (non-hydrogen) atoms. The van der Waals surface area contributed by atoms with Gasteiger partial charge < -0.3 is 5.32 Å². The average molecular weight is 395 g/mol. The molecule has 1 amide bonds. The third kappa shape index (κ3) is 4.45. The number of hydrogen-bond donors (Lipinski definition) is 1. The predicted octanol–water partition coefficient (Wildman–Crippen LogP) is 4.01. The average Bonchev–Trinajstić information content (AvgIpc) is 3.09. The molecule has 1 heterocycles. The zero-order valence-electron chi connectivity index (χ0n) is 13.3. The van der Waals surface area contributed by atoms with E-state index < -0.39 is 15.7 Å². The van der Waals surface area contributed by atoms with Crippen LogP contribution in [0.1, 0.15) is 17.4 Å². The van der Waals surface area contributed by atoms with Gasteiger partial charge in [0.2, 0.25) is 9.84 Å². The van der Waals surface area contributed by atoms with Crippen molar-refractivity contribution in [1.29, 1.82) is 0 Å². The molecular formula is C17H15ClN2O3S2. The van der Waals surface area contributed by atoms with Gasteiger partial charge in [0.15, 0.2) is 9.90 Å².